The lowest BCUT2D eigenvalue weighted by Gasteiger charge is -2.20. The van der Waals surface area contributed by atoms with Crippen LogP contribution in [0, 0.1) is 0 Å². The summed E-state index contributed by atoms with van der Waals surface area (Å²) in [6.07, 6.45) is 0. The Morgan fingerprint density at radius 1 is 1.28 bits per heavy atom. The van der Waals surface area contributed by atoms with Gasteiger partial charge in [-0.05, 0) is 5.56 Å². The van der Waals surface area contributed by atoms with Gasteiger partial charge < -0.3 is 5.73 Å². The van der Waals surface area contributed by atoms with Crippen LogP contribution in [-0.2, 0) is 16.8 Å². The zero-order chi connectivity index (χ0) is 12.7. The SMILES string of the molecule is CCN(Cc1ccccc1)S(=O)(=O)NCCN.Cl. The second kappa shape index (κ2) is 8.44. The topological polar surface area (TPSA) is 75.4 Å². The number of rotatable bonds is 7. The van der Waals surface area contributed by atoms with Gasteiger partial charge >= 0.3 is 0 Å². The molecule has 0 aromatic heterocycles. The van der Waals surface area contributed by atoms with Crippen LogP contribution in [0.2, 0.25) is 0 Å². The lowest BCUT2D eigenvalue weighted by Crippen LogP contribution is -2.42. The van der Waals surface area contributed by atoms with E-state index >= 15 is 0 Å². The molecular formula is C11H20ClN3O2S. The maximum absolute atomic E-state index is 11.9. The molecule has 0 fully saturated rings. The highest BCUT2D eigenvalue weighted by atomic mass is 35.5. The molecule has 0 spiro atoms. The Hall–Kier alpha value is -0.660. The van der Waals surface area contributed by atoms with E-state index in [0.29, 0.717) is 19.6 Å². The average Bonchev–Trinajstić information content (AvgIpc) is 2.34. The predicted octanol–water partition coefficient (Wildman–Crippen LogP) is 0.723. The highest BCUT2D eigenvalue weighted by Gasteiger charge is 2.19. The Morgan fingerprint density at radius 2 is 1.89 bits per heavy atom. The van der Waals surface area contributed by atoms with Crippen LogP contribution in [0.15, 0.2) is 30.3 Å². The summed E-state index contributed by atoms with van der Waals surface area (Å²) in [6.45, 7) is 3.16. The zero-order valence-corrected chi connectivity index (χ0v) is 12.0. The molecule has 0 amide bonds. The number of nitrogens with two attached hydrogens (primary N) is 1. The second-order valence-corrected chi connectivity index (χ2v) is 5.36. The molecule has 0 aliphatic heterocycles. The van der Waals surface area contributed by atoms with Gasteiger partial charge in [-0.25, -0.2) is 4.72 Å². The van der Waals surface area contributed by atoms with E-state index in [9.17, 15) is 8.42 Å². The van der Waals surface area contributed by atoms with Crippen molar-refractivity contribution in [2.45, 2.75) is 13.5 Å². The first-order chi connectivity index (χ1) is 8.10. The minimum atomic E-state index is -3.43. The minimum absolute atomic E-state index is 0. The number of hydrogen-bond acceptors (Lipinski definition) is 3. The molecule has 0 bridgehead atoms. The molecule has 0 aliphatic carbocycles. The fraction of sp³-hybridized carbons (Fsp3) is 0.455. The first-order valence-electron chi connectivity index (χ1n) is 5.59. The third-order valence-corrected chi connectivity index (χ3v) is 3.96. The molecule has 0 saturated heterocycles. The molecule has 0 saturated carbocycles. The maximum Gasteiger partial charge on any atom is 0.279 e. The van der Waals surface area contributed by atoms with Gasteiger partial charge in [0.1, 0.15) is 0 Å². The molecule has 0 unspecified atom stereocenters. The van der Waals surface area contributed by atoms with Gasteiger partial charge in [0.2, 0.25) is 0 Å². The van der Waals surface area contributed by atoms with E-state index in [-0.39, 0.29) is 19.0 Å². The largest absolute Gasteiger partial charge is 0.329 e. The molecule has 0 heterocycles. The smallest absolute Gasteiger partial charge is 0.279 e. The third kappa shape index (κ3) is 5.32. The lowest BCUT2D eigenvalue weighted by atomic mass is 10.2. The van der Waals surface area contributed by atoms with Crippen LogP contribution in [0.1, 0.15) is 12.5 Å². The van der Waals surface area contributed by atoms with Crippen molar-refractivity contribution in [1.82, 2.24) is 9.03 Å². The van der Waals surface area contributed by atoms with E-state index in [1.165, 1.54) is 4.31 Å². The lowest BCUT2D eigenvalue weighted by molar-refractivity contribution is 0.415. The fourth-order valence-electron chi connectivity index (χ4n) is 1.43. The fourth-order valence-corrected chi connectivity index (χ4v) is 2.65. The number of halogens is 1. The molecular weight excluding hydrogens is 274 g/mol. The van der Waals surface area contributed by atoms with Gasteiger partial charge in [-0.3, -0.25) is 0 Å². The van der Waals surface area contributed by atoms with Crippen LogP contribution in [0.25, 0.3) is 0 Å². The van der Waals surface area contributed by atoms with Crippen molar-refractivity contribution >= 4 is 22.6 Å². The normalized spacial score (nSPS) is 11.3. The van der Waals surface area contributed by atoms with Crippen molar-refractivity contribution in [3.63, 3.8) is 0 Å². The van der Waals surface area contributed by atoms with Crippen LogP contribution in [0.3, 0.4) is 0 Å². The maximum atomic E-state index is 11.9. The first-order valence-corrected chi connectivity index (χ1v) is 7.03. The molecule has 0 aliphatic rings. The number of nitrogens with zero attached hydrogens (tertiary/aromatic N) is 1. The van der Waals surface area contributed by atoms with Crippen molar-refractivity contribution in [3.05, 3.63) is 35.9 Å². The Balaban J connectivity index is 0.00000289. The Labute approximate surface area is 115 Å². The molecule has 18 heavy (non-hydrogen) atoms. The highest BCUT2D eigenvalue weighted by Crippen LogP contribution is 2.07. The molecule has 3 N–H and O–H groups in total. The van der Waals surface area contributed by atoms with Gasteiger partial charge in [0, 0.05) is 26.2 Å². The molecule has 5 nitrogen and oxygen atoms in total. The highest BCUT2D eigenvalue weighted by molar-refractivity contribution is 7.87. The van der Waals surface area contributed by atoms with Crippen LogP contribution in [-0.4, -0.2) is 32.4 Å². The zero-order valence-electron chi connectivity index (χ0n) is 10.4. The van der Waals surface area contributed by atoms with E-state index in [1.54, 1.807) is 0 Å². The van der Waals surface area contributed by atoms with Gasteiger partial charge in [0.25, 0.3) is 10.2 Å². The molecule has 7 heteroatoms. The van der Waals surface area contributed by atoms with Gasteiger partial charge in [-0.2, -0.15) is 12.7 Å². The number of nitrogens with one attached hydrogen (secondary N) is 1. The molecule has 0 radical (unpaired) electrons. The van der Waals surface area contributed by atoms with Gasteiger partial charge in [-0.15, -0.1) is 12.4 Å². The van der Waals surface area contributed by atoms with Gasteiger partial charge in [0.05, 0.1) is 0 Å². The third-order valence-electron chi connectivity index (χ3n) is 2.32. The van der Waals surface area contributed by atoms with E-state index in [2.05, 4.69) is 4.72 Å². The summed E-state index contributed by atoms with van der Waals surface area (Å²) in [4.78, 5) is 0. The minimum Gasteiger partial charge on any atom is -0.329 e. The summed E-state index contributed by atoms with van der Waals surface area (Å²) >= 11 is 0. The van der Waals surface area contributed by atoms with Crippen molar-refractivity contribution in [1.29, 1.82) is 0 Å². The van der Waals surface area contributed by atoms with Crippen molar-refractivity contribution < 1.29 is 8.42 Å². The Morgan fingerprint density at radius 3 is 2.39 bits per heavy atom. The van der Waals surface area contributed by atoms with Gasteiger partial charge in [-0.1, -0.05) is 37.3 Å². The standard InChI is InChI=1S/C11H19N3O2S.ClH/c1-2-14(17(15,16)13-9-8-12)10-11-6-4-3-5-7-11;/h3-7,13H,2,8-10,12H2,1H3;1H. The monoisotopic (exact) mass is 293 g/mol. The second-order valence-electron chi connectivity index (χ2n) is 3.60. The number of benzene rings is 1. The van der Waals surface area contributed by atoms with Crippen LogP contribution >= 0.6 is 12.4 Å². The summed E-state index contributed by atoms with van der Waals surface area (Å²) < 4.78 is 27.6. The molecule has 1 rings (SSSR count). The van der Waals surface area contributed by atoms with E-state index in [4.69, 9.17) is 5.73 Å². The summed E-state index contributed by atoms with van der Waals surface area (Å²) in [5.74, 6) is 0. The summed E-state index contributed by atoms with van der Waals surface area (Å²) in [6, 6.07) is 9.50. The van der Waals surface area contributed by atoms with Crippen molar-refractivity contribution in [2.75, 3.05) is 19.6 Å². The van der Waals surface area contributed by atoms with Crippen LogP contribution < -0.4 is 10.5 Å². The summed E-state index contributed by atoms with van der Waals surface area (Å²) in [5, 5.41) is 0. The summed E-state index contributed by atoms with van der Waals surface area (Å²) in [5.41, 5.74) is 6.25. The van der Waals surface area contributed by atoms with E-state index < -0.39 is 10.2 Å². The van der Waals surface area contributed by atoms with Crippen LogP contribution in [0.4, 0.5) is 0 Å². The predicted molar refractivity (Wildman–Crippen MR) is 75.8 cm³/mol. The van der Waals surface area contributed by atoms with Crippen molar-refractivity contribution in [2.24, 2.45) is 5.73 Å². The molecule has 1 aromatic rings. The van der Waals surface area contributed by atoms with E-state index in [0.717, 1.165) is 5.56 Å². The molecule has 0 atom stereocenters. The van der Waals surface area contributed by atoms with Crippen LogP contribution in [0.5, 0.6) is 0 Å². The Kier molecular flexibility index (Phi) is 8.13. The van der Waals surface area contributed by atoms with Gasteiger partial charge in [0.15, 0.2) is 0 Å². The first kappa shape index (κ1) is 17.3. The summed E-state index contributed by atoms with van der Waals surface area (Å²) in [7, 11) is -3.43. The quantitative estimate of drug-likeness (QED) is 0.778. The number of hydrogen-bond donors (Lipinski definition) is 2. The Bertz CT molecular complexity index is 425. The molecule has 1 aromatic carbocycles. The van der Waals surface area contributed by atoms with Crippen molar-refractivity contribution in [3.8, 4) is 0 Å². The van der Waals surface area contributed by atoms with E-state index in [1.807, 2.05) is 37.3 Å². The average molecular weight is 294 g/mol. The molecule has 104 valence electrons.